The van der Waals surface area contributed by atoms with Crippen LogP contribution in [-0.4, -0.2) is 36.9 Å². The van der Waals surface area contributed by atoms with Crippen LogP contribution in [0.2, 0.25) is 0 Å². The van der Waals surface area contributed by atoms with E-state index in [1.54, 1.807) is 0 Å². The summed E-state index contributed by atoms with van der Waals surface area (Å²) in [5.74, 6) is 0. The number of rotatable bonds is 0. The maximum atomic E-state index is 8.81. The van der Waals surface area contributed by atoms with Gasteiger partial charge in [0, 0.05) is 0 Å². The summed E-state index contributed by atoms with van der Waals surface area (Å²) in [5.41, 5.74) is 0. The van der Waals surface area contributed by atoms with E-state index in [1.165, 1.54) is 0 Å². The Hall–Kier alpha value is 3.81. The van der Waals surface area contributed by atoms with E-state index in [2.05, 4.69) is 0 Å². The van der Waals surface area contributed by atoms with E-state index in [1.807, 2.05) is 0 Å². The molecule has 15 nitrogen and oxygen atoms in total. The van der Waals surface area contributed by atoms with Gasteiger partial charge in [-0.3, -0.25) is 0 Å². The molecular formula is H11KO15Ti5. The molecule has 0 atom stereocenters. The molecule has 0 aromatic rings. The third-order valence-corrected chi connectivity index (χ3v) is 0. The zero-order valence-corrected chi connectivity index (χ0v) is 20.9. The van der Waals surface area contributed by atoms with E-state index in [-0.39, 0.29) is 52.8 Å². The van der Waals surface area contributed by atoms with Crippen LogP contribution in [0.3, 0.4) is 0 Å². The van der Waals surface area contributed by atoms with Crippen molar-refractivity contribution in [3.05, 3.63) is 0 Å². The molecule has 0 saturated carbocycles. The molecule has 0 saturated heterocycles. The molecule has 0 aromatic heterocycles. The van der Waals surface area contributed by atoms with E-state index < -0.39 is 93.1 Å². The van der Waals surface area contributed by atoms with Crippen molar-refractivity contribution in [2.75, 3.05) is 0 Å². The molecule has 0 radical (unpaired) electrons. The molecule has 21 heavy (non-hydrogen) atoms. The molecule has 0 aliphatic carbocycles. The second-order valence-corrected chi connectivity index (χ2v) is 5.83. The quantitative estimate of drug-likeness (QED) is 0.130. The molecule has 0 heterocycles. The summed E-state index contributed by atoms with van der Waals surface area (Å²) in [7, 11) is 0. The molecule has 0 amide bonds. The van der Waals surface area contributed by atoms with Gasteiger partial charge < -0.3 is 1.43 Å². The van der Waals surface area contributed by atoms with Crippen LogP contribution in [0.15, 0.2) is 0 Å². The molecule has 0 aromatic carbocycles. The van der Waals surface area contributed by atoms with Crippen molar-refractivity contribution >= 4 is 0 Å². The van der Waals surface area contributed by atoms with Gasteiger partial charge in [0.25, 0.3) is 0 Å². The van der Waals surface area contributed by atoms with Gasteiger partial charge in [0.15, 0.2) is 0 Å². The Morgan fingerprint density at radius 3 is 0.381 bits per heavy atom. The van der Waals surface area contributed by atoms with Gasteiger partial charge in [-0.1, -0.05) is 0 Å². The van der Waals surface area contributed by atoms with Gasteiger partial charge in [0.05, 0.1) is 0 Å². The van der Waals surface area contributed by atoms with Crippen LogP contribution in [0.5, 0.6) is 0 Å². The van der Waals surface area contributed by atoms with Crippen molar-refractivity contribution in [3.63, 3.8) is 0 Å². The standard InChI is InChI=1S/K.10H2O.5O.5Ti.H/h;10*1H2;;;;;;;;;;;/q+1;;;;;;;;;;;;;;;;5*+2;-1/p-10. The van der Waals surface area contributed by atoms with Crippen molar-refractivity contribution in [3.8, 4) is 0 Å². The molecule has 10 N–H and O–H groups in total. The molecule has 0 fully saturated rings. The molecule has 0 rings (SSSR count). The fourth-order valence-electron chi connectivity index (χ4n) is 0. The van der Waals surface area contributed by atoms with Crippen LogP contribution in [0.4, 0.5) is 0 Å². The van der Waals surface area contributed by atoms with Crippen LogP contribution in [0.1, 0.15) is 1.43 Å². The van der Waals surface area contributed by atoms with Gasteiger partial charge in [-0.25, -0.2) is 0 Å². The fraction of sp³-hybridized carbons (Fsp3) is 0. The minimum atomic E-state index is -3.58. The topological polar surface area (TPSA) is 288 Å². The van der Waals surface area contributed by atoms with Crippen molar-refractivity contribution < 1.29 is 199 Å². The van der Waals surface area contributed by atoms with E-state index >= 15 is 0 Å². The SMILES string of the molecule is [H-].[K+].[O]=[Ti]([OH])[OH].[O]=[Ti]([OH])[OH].[O]=[Ti]([OH])[OH].[O]=[Ti]([OH])[OH].[O]=[Ti]([OH])[OH]. The zero-order valence-electron chi connectivity index (χ0n) is 11.0. The first-order valence-electron chi connectivity index (χ1n) is 3.26. The minimum absolute atomic E-state index is 0. The first-order valence-corrected chi connectivity index (χ1v) is 13.4. The van der Waals surface area contributed by atoms with E-state index in [9.17, 15) is 0 Å². The summed E-state index contributed by atoms with van der Waals surface area (Å²) in [4.78, 5) is 0. The molecule has 0 unspecified atom stereocenters. The van der Waals surface area contributed by atoms with Crippen LogP contribution in [0.25, 0.3) is 0 Å². The maximum absolute atomic E-state index is 8.81. The Bertz CT molecular complexity index is 213. The van der Waals surface area contributed by atoms with Crippen molar-refractivity contribution in [1.29, 1.82) is 0 Å². The van der Waals surface area contributed by atoms with Crippen molar-refractivity contribution in [2.45, 2.75) is 0 Å². The molecule has 0 spiro atoms. The third-order valence-electron chi connectivity index (χ3n) is 0. The van der Waals surface area contributed by atoms with E-state index in [4.69, 9.17) is 53.5 Å². The van der Waals surface area contributed by atoms with Crippen LogP contribution < -0.4 is 51.4 Å². The summed E-state index contributed by atoms with van der Waals surface area (Å²) in [6, 6.07) is 0. The predicted octanol–water partition coefficient (Wildman–Crippen LogP) is -9.06. The number of hydrogen-bond donors (Lipinski definition) is 10. The first kappa shape index (κ1) is 39.8. The Kier molecular flexibility index (Phi) is 66.3. The normalized spacial score (nSPS) is 6.19. The van der Waals surface area contributed by atoms with Crippen LogP contribution >= 0.6 is 0 Å². The van der Waals surface area contributed by atoms with Gasteiger partial charge in [0.1, 0.15) is 0 Å². The van der Waals surface area contributed by atoms with E-state index in [0.717, 1.165) is 0 Å². The first-order chi connectivity index (χ1) is 8.66. The predicted molar refractivity (Wildman–Crippen MR) is 26.7 cm³/mol. The van der Waals surface area contributed by atoms with Crippen molar-refractivity contribution in [2.24, 2.45) is 0 Å². The molecule has 21 heteroatoms. The van der Waals surface area contributed by atoms with Gasteiger partial charge in [-0.15, -0.1) is 0 Å². The Labute approximate surface area is 195 Å². The molecule has 0 bridgehead atoms. The number of hydrogen-bond acceptors (Lipinski definition) is 5. The summed E-state index contributed by atoms with van der Waals surface area (Å²) < 4.78 is 116. The molecular weight excluding hydrogens is 518 g/mol. The average Bonchev–Trinajstić information content (AvgIpc) is 1.94. The summed E-state index contributed by atoms with van der Waals surface area (Å²) in [6.45, 7) is 0. The molecule has 0 aliphatic heterocycles. The second-order valence-electron chi connectivity index (χ2n) is 1.41. The third kappa shape index (κ3) is 781. The second kappa shape index (κ2) is 35.0. The zero-order chi connectivity index (χ0) is 17.9. The Morgan fingerprint density at radius 2 is 0.381 bits per heavy atom. The van der Waals surface area contributed by atoms with Gasteiger partial charge in [-0.05, 0) is 0 Å². The Morgan fingerprint density at radius 1 is 0.381 bits per heavy atom. The van der Waals surface area contributed by atoms with Gasteiger partial charge >= 0.3 is 198 Å². The molecule has 122 valence electrons. The average molecular weight is 530 g/mol. The monoisotopic (exact) mass is 530 g/mol. The summed E-state index contributed by atoms with van der Waals surface area (Å²) in [6.07, 6.45) is 0. The van der Waals surface area contributed by atoms with E-state index in [0.29, 0.717) is 0 Å². The Balaban J connectivity index is -0.0000000250. The fourth-order valence-corrected chi connectivity index (χ4v) is 0. The molecule has 0 aliphatic rings. The van der Waals surface area contributed by atoms with Crippen LogP contribution in [0, 0.1) is 0 Å². The summed E-state index contributed by atoms with van der Waals surface area (Å²) >= 11 is -17.9. The van der Waals surface area contributed by atoms with Gasteiger partial charge in [0.2, 0.25) is 0 Å². The van der Waals surface area contributed by atoms with Crippen LogP contribution in [-0.2, 0) is 110 Å². The summed E-state index contributed by atoms with van der Waals surface area (Å²) in [5, 5.41) is 0. The van der Waals surface area contributed by atoms with Crippen molar-refractivity contribution in [1.82, 2.24) is 0 Å². The van der Waals surface area contributed by atoms with Gasteiger partial charge in [-0.2, -0.15) is 0 Å².